The quantitative estimate of drug-likeness (QED) is 0.816. The molecule has 1 fully saturated rings. The fraction of sp³-hybridized carbons (Fsp3) is 0.786. The highest BCUT2D eigenvalue weighted by molar-refractivity contribution is 4.99. The van der Waals surface area contributed by atoms with Gasteiger partial charge in [-0.05, 0) is 37.2 Å². The molecular weight excluding hydrogens is 210 g/mol. The molecule has 1 aliphatic rings. The van der Waals surface area contributed by atoms with Crippen LogP contribution in [0.15, 0.2) is 12.3 Å². The van der Waals surface area contributed by atoms with Gasteiger partial charge in [0.1, 0.15) is 0 Å². The van der Waals surface area contributed by atoms with Crippen LogP contribution in [0.25, 0.3) is 0 Å². The number of nitrogens with one attached hydrogen (secondary N) is 1. The first kappa shape index (κ1) is 12.6. The van der Waals surface area contributed by atoms with Crippen LogP contribution >= 0.6 is 0 Å². The topological polar surface area (TPSA) is 29.9 Å². The van der Waals surface area contributed by atoms with Gasteiger partial charge in [-0.3, -0.25) is 4.68 Å². The Bertz CT molecular complexity index is 354. The molecule has 0 aromatic carbocycles. The van der Waals surface area contributed by atoms with Crippen LogP contribution in [-0.2, 0) is 13.6 Å². The first-order chi connectivity index (χ1) is 8.07. The van der Waals surface area contributed by atoms with Gasteiger partial charge >= 0.3 is 0 Å². The van der Waals surface area contributed by atoms with E-state index in [1.54, 1.807) is 0 Å². The zero-order chi connectivity index (χ0) is 12.3. The summed E-state index contributed by atoms with van der Waals surface area (Å²) in [7, 11) is 2.01. The van der Waals surface area contributed by atoms with E-state index < -0.39 is 0 Å². The number of nitrogens with zero attached hydrogens (tertiary/aromatic N) is 2. The molecule has 0 saturated heterocycles. The summed E-state index contributed by atoms with van der Waals surface area (Å²) in [6, 6.07) is 2.78. The number of aromatic nitrogens is 2. The van der Waals surface area contributed by atoms with Crippen molar-refractivity contribution in [2.24, 2.45) is 12.5 Å². The molecular formula is C14H25N3. The molecule has 3 nitrogen and oxygen atoms in total. The molecule has 1 atom stereocenters. The molecule has 0 bridgehead atoms. The maximum atomic E-state index is 4.20. The Morgan fingerprint density at radius 3 is 2.94 bits per heavy atom. The van der Waals surface area contributed by atoms with Gasteiger partial charge < -0.3 is 5.32 Å². The van der Waals surface area contributed by atoms with Crippen molar-refractivity contribution in [3.05, 3.63) is 18.0 Å². The van der Waals surface area contributed by atoms with Crippen molar-refractivity contribution in [1.29, 1.82) is 0 Å². The summed E-state index contributed by atoms with van der Waals surface area (Å²) in [5.74, 6) is 0. The Morgan fingerprint density at radius 1 is 1.41 bits per heavy atom. The zero-order valence-corrected chi connectivity index (χ0v) is 11.4. The largest absolute Gasteiger partial charge is 0.308 e. The molecule has 1 saturated carbocycles. The maximum absolute atomic E-state index is 4.20. The summed E-state index contributed by atoms with van der Waals surface area (Å²) in [6.45, 7) is 5.74. The van der Waals surface area contributed by atoms with Gasteiger partial charge in [0, 0.05) is 25.8 Å². The third-order valence-electron chi connectivity index (χ3n) is 4.07. The summed E-state index contributed by atoms with van der Waals surface area (Å²) in [5, 5.41) is 7.88. The Labute approximate surface area is 105 Å². The van der Waals surface area contributed by atoms with E-state index in [-0.39, 0.29) is 0 Å². The van der Waals surface area contributed by atoms with E-state index in [1.165, 1.54) is 37.8 Å². The Balaban J connectivity index is 1.82. The number of hydrogen-bond donors (Lipinski definition) is 1. The van der Waals surface area contributed by atoms with Gasteiger partial charge in [0.2, 0.25) is 0 Å². The standard InChI is InChI=1S/C14H25N3/c1-14(2)8-4-5-12(6-9-14)15-11-13-7-10-16-17(13)3/h7,10,12,15H,4-6,8-9,11H2,1-3H3. The Hall–Kier alpha value is -0.830. The second kappa shape index (κ2) is 5.21. The van der Waals surface area contributed by atoms with Crippen LogP contribution in [-0.4, -0.2) is 15.8 Å². The van der Waals surface area contributed by atoms with Gasteiger partial charge in [-0.1, -0.05) is 20.3 Å². The van der Waals surface area contributed by atoms with Crippen molar-refractivity contribution in [2.75, 3.05) is 0 Å². The number of hydrogen-bond acceptors (Lipinski definition) is 2. The highest BCUT2D eigenvalue weighted by atomic mass is 15.3. The highest BCUT2D eigenvalue weighted by Gasteiger charge is 2.23. The van der Waals surface area contributed by atoms with Crippen LogP contribution in [0.2, 0.25) is 0 Å². The lowest BCUT2D eigenvalue weighted by Crippen LogP contribution is -2.29. The molecule has 1 heterocycles. The van der Waals surface area contributed by atoms with Crippen molar-refractivity contribution in [1.82, 2.24) is 15.1 Å². The third-order valence-corrected chi connectivity index (χ3v) is 4.07. The van der Waals surface area contributed by atoms with Crippen molar-refractivity contribution < 1.29 is 0 Å². The average molecular weight is 235 g/mol. The maximum Gasteiger partial charge on any atom is 0.0518 e. The van der Waals surface area contributed by atoms with Crippen molar-refractivity contribution >= 4 is 0 Å². The van der Waals surface area contributed by atoms with Gasteiger partial charge in [-0.2, -0.15) is 5.10 Å². The first-order valence-electron chi connectivity index (χ1n) is 6.77. The van der Waals surface area contributed by atoms with E-state index in [4.69, 9.17) is 0 Å². The number of rotatable bonds is 3. The SMILES string of the molecule is Cn1nccc1CNC1CCCC(C)(C)CC1. The second-order valence-electron chi connectivity index (χ2n) is 6.12. The fourth-order valence-corrected chi connectivity index (χ4v) is 2.69. The predicted molar refractivity (Wildman–Crippen MR) is 70.7 cm³/mol. The van der Waals surface area contributed by atoms with Crippen molar-refractivity contribution in [3.8, 4) is 0 Å². The summed E-state index contributed by atoms with van der Waals surface area (Å²) in [4.78, 5) is 0. The van der Waals surface area contributed by atoms with E-state index in [0.717, 1.165) is 6.54 Å². The van der Waals surface area contributed by atoms with Crippen LogP contribution in [0, 0.1) is 5.41 Å². The molecule has 17 heavy (non-hydrogen) atoms. The van der Waals surface area contributed by atoms with Crippen molar-refractivity contribution in [3.63, 3.8) is 0 Å². The van der Waals surface area contributed by atoms with Gasteiger partial charge in [-0.25, -0.2) is 0 Å². The molecule has 96 valence electrons. The highest BCUT2D eigenvalue weighted by Crippen LogP contribution is 2.33. The lowest BCUT2D eigenvalue weighted by atomic mass is 9.85. The molecule has 1 unspecified atom stereocenters. The van der Waals surface area contributed by atoms with Gasteiger partial charge in [0.05, 0.1) is 5.69 Å². The molecule has 2 rings (SSSR count). The van der Waals surface area contributed by atoms with Gasteiger partial charge in [-0.15, -0.1) is 0 Å². The van der Waals surface area contributed by atoms with Crippen LogP contribution in [0.4, 0.5) is 0 Å². The molecule has 3 heteroatoms. The Kier molecular flexibility index (Phi) is 3.87. The smallest absolute Gasteiger partial charge is 0.0518 e. The molecule has 1 aromatic rings. The minimum absolute atomic E-state index is 0.545. The fourth-order valence-electron chi connectivity index (χ4n) is 2.69. The molecule has 1 N–H and O–H groups in total. The van der Waals surface area contributed by atoms with E-state index >= 15 is 0 Å². The minimum Gasteiger partial charge on any atom is -0.308 e. The Morgan fingerprint density at radius 2 is 2.24 bits per heavy atom. The van der Waals surface area contributed by atoms with Gasteiger partial charge in [0.15, 0.2) is 0 Å². The van der Waals surface area contributed by atoms with E-state index in [9.17, 15) is 0 Å². The van der Waals surface area contributed by atoms with E-state index in [1.807, 2.05) is 17.9 Å². The summed E-state index contributed by atoms with van der Waals surface area (Å²) in [5.41, 5.74) is 1.82. The summed E-state index contributed by atoms with van der Waals surface area (Å²) < 4.78 is 1.95. The third kappa shape index (κ3) is 3.56. The van der Waals surface area contributed by atoms with Crippen molar-refractivity contribution in [2.45, 2.75) is 58.5 Å². The lowest BCUT2D eigenvalue weighted by Gasteiger charge is -2.22. The molecule has 0 radical (unpaired) electrons. The van der Waals surface area contributed by atoms with Crippen LogP contribution < -0.4 is 5.32 Å². The van der Waals surface area contributed by atoms with E-state index in [0.29, 0.717) is 11.5 Å². The lowest BCUT2D eigenvalue weighted by molar-refractivity contribution is 0.309. The molecule has 0 amide bonds. The molecule has 1 aliphatic carbocycles. The summed E-state index contributed by atoms with van der Waals surface area (Å²) >= 11 is 0. The monoisotopic (exact) mass is 235 g/mol. The van der Waals surface area contributed by atoms with Crippen LogP contribution in [0.3, 0.4) is 0 Å². The minimum atomic E-state index is 0.545. The van der Waals surface area contributed by atoms with Crippen LogP contribution in [0.5, 0.6) is 0 Å². The molecule has 1 aromatic heterocycles. The van der Waals surface area contributed by atoms with Gasteiger partial charge in [0.25, 0.3) is 0 Å². The normalized spacial score (nSPS) is 24.5. The summed E-state index contributed by atoms with van der Waals surface area (Å²) in [6.07, 6.45) is 8.57. The number of aryl methyl sites for hydroxylation is 1. The molecule has 0 aliphatic heterocycles. The first-order valence-corrected chi connectivity index (χ1v) is 6.77. The predicted octanol–water partition coefficient (Wildman–Crippen LogP) is 2.87. The average Bonchev–Trinajstić information content (AvgIpc) is 2.58. The second-order valence-corrected chi connectivity index (χ2v) is 6.12. The van der Waals surface area contributed by atoms with Crippen LogP contribution in [0.1, 0.15) is 51.6 Å². The molecule has 0 spiro atoms. The van der Waals surface area contributed by atoms with E-state index in [2.05, 4.69) is 30.3 Å². The zero-order valence-electron chi connectivity index (χ0n) is 11.4.